The second-order valence-corrected chi connectivity index (χ2v) is 7.97. The van der Waals surface area contributed by atoms with Gasteiger partial charge in [0.05, 0.1) is 13.7 Å². The van der Waals surface area contributed by atoms with Crippen LogP contribution in [0.25, 0.3) is 0 Å². The van der Waals surface area contributed by atoms with Crippen molar-refractivity contribution in [3.8, 4) is 5.75 Å². The van der Waals surface area contributed by atoms with Crippen molar-refractivity contribution in [3.63, 3.8) is 0 Å². The molecule has 0 aromatic heterocycles. The molecule has 0 radical (unpaired) electrons. The Morgan fingerprint density at radius 2 is 2.00 bits per heavy atom. The summed E-state index contributed by atoms with van der Waals surface area (Å²) in [6.07, 6.45) is 1.70. The van der Waals surface area contributed by atoms with E-state index in [-0.39, 0.29) is 17.5 Å². The van der Waals surface area contributed by atoms with E-state index in [1.54, 1.807) is 55.3 Å². The maximum absolute atomic E-state index is 13.9. The quantitative estimate of drug-likeness (QED) is 0.813. The number of hydrogen-bond acceptors (Lipinski definition) is 5. The van der Waals surface area contributed by atoms with Crippen LogP contribution in [-0.4, -0.2) is 48.2 Å². The van der Waals surface area contributed by atoms with Gasteiger partial charge in [-0.25, -0.2) is 4.39 Å². The van der Waals surface area contributed by atoms with Gasteiger partial charge >= 0.3 is 0 Å². The summed E-state index contributed by atoms with van der Waals surface area (Å²) in [5.41, 5.74) is 0.968. The van der Waals surface area contributed by atoms with Crippen LogP contribution in [0, 0.1) is 12.7 Å². The van der Waals surface area contributed by atoms with Gasteiger partial charge in [0.2, 0.25) is 0 Å². The third-order valence-corrected chi connectivity index (χ3v) is 5.69. The van der Waals surface area contributed by atoms with E-state index >= 15 is 0 Å². The van der Waals surface area contributed by atoms with Gasteiger partial charge in [0, 0.05) is 24.2 Å². The zero-order chi connectivity index (χ0) is 22.0. The van der Waals surface area contributed by atoms with Gasteiger partial charge in [0.15, 0.2) is 5.60 Å². The number of nitrogens with one attached hydrogen (secondary N) is 1. The molecule has 0 bridgehead atoms. The van der Waals surface area contributed by atoms with Crippen molar-refractivity contribution in [2.75, 3.05) is 25.5 Å². The molecule has 2 amide bonds. The summed E-state index contributed by atoms with van der Waals surface area (Å²) in [5.74, 6) is -0.307. The second-order valence-electron chi connectivity index (χ2n) is 7.97. The van der Waals surface area contributed by atoms with Crippen molar-refractivity contribution in [1.29, 1.82) is 0 Å². The molecule has 8 heteroatoms. The van der Waals surface area contributed by atoms with Gasteiger partial charge in [-0.3, -0.25) is 9.59 Å². The van der Waals surface area contributed by atoms with Crippen molar-refractivity contribution in [1.82, 2.24) is 4.90 Å². The number of halogens is 1. The fourth-order valence-electron chi connectivity index (χ4n) is 3.92. The highest BCUT2D eigenvalue weighted by molar-refractivity contribution is 6.43. The lowest BCUT2D eigenvalue weighted by atomic mass is 9.87. The summed E-state index contributed by atoms with van der Waals surface area (Å²) < 4.78 is 19.0. The molecule has 2 heterocycles. The Kier molecular flexibility index (Phi) is 5.63. The van der Waals surface area contributed by atoms with Gasteiger partial charge in [-0.05, 0) is 61.7 Å². The van der Waals surface area contributed by atoms with Crippen LogP contribution in [0.4, 0.5) is 10.1 Å². The standard InChI is InChI=1S/C23H24FN3O4/c1-15-4-5-16(12-19(15)24)22(29)27-11-3-10-23(14-27)13-20(26-31-23)21(28)25-17-6-8-18(30-2)9-7-17/h4-9,12H,3,10-11,13-14H2,1-2H3,(H,25,28)/t23-/m1/s1. The number of carbonyl (C=O) groups is 2. The number of rotatable bonds is 4. The van der Waals surface area contributed by atoms with E-state index in [2.05, 4.69) is 10.5 Å². The van der Waals surface area contributed by atoms with Gasteiger partial charge in [-0.2, -0.15) is 0 Å². The topological polar surface area (TPSA) is 80.2 Å². The zero-order valence-electron chi connectivity index (χ0n) is 17.5. The first-order valence-electron chi connectivity index (χ1n) is 10.1. The Hall–Kier alpha value is -3.42. The number of oxime groups is 1. The lowest BCUT2D eigenvalue weighted by molar-refractivity contribution is -0.110. The number of ether oxygens (including phenoxy) is 1. The summed E-state index contributed by atoms with van der Waals surface area (Å²) >= 11 is 0. The zero-order valence-corrected chi connectivity index (χ0v) is 17.5. The van der Waals surface area contributed by atoms with Gasteiger partial charge in [-0.15, -0.1) is 0 Å². The molecule has 2 aromatic carbocycles. The van der Waals surface area contributed by atoms with Crippen LogP contribution in [0.5, 0.6) is 5.75 Å². The molecule has 1 spiro atoms. The van der Waals surface area contributed by atoms with E-state index in [1.165, 1.54) is 6.07 Å². The minimum atomic E-state index is -0.732. The van der Waals surface area contributed by atoms with Gasteiger partial charge in [-0.1, -0.05) is 11.2 Å². The third-order valence-electron chi connectivity index (χ3n) is 5.69. The molecule has 0 aliphatic carbocycles. The molecule has 31 heavy (non-hydrogen) atoms. The Labute approximate surface area is 179 Å². The molecule has 162 valence electrons. The molecule has 0 saturated carbocycles. The van der Waals surface area contributed by atoms with Crippen molar-refractivity contribution in [2.45, 2.75) is 31.8 Å². The SMILES string of the molecule is COc1ccc(NC(=O)C2=NO[C@]3(CCCN(C(=O)c4ccc(C)c(F)c4)C3)C2)cc1. The fourth-order valence-corrected chi connectivity index (χ4v) is 3.92. The molecule has 1 saturated heterocycles. The van der Waals surface area contributed by atoms with Crippen molar-refractivity contribution < 1.29 is 23.6 Å². The predicted octanol–water partition coefficient (Wildman–Crippen LogP) is 3.53. The summed E-state index contributed by atoms with van der Waals surface area (Å²) in [6, 6.07) is 11.5. The van der Waals surface area contributed by atoms with Crippen molar-refractivity contribution in [3.05, 3.63) is 59.4 Å². The number of methoxy groups -OCH3 is 1. The molecule has 2 aliphatic rings. The molecule has 1 fully saturated rings. The van der Waals surface area contributed by atoms with Crippen molar-refractivity contribution >= 4 is 23.2 Å². The van der Waals surface area contributed by atoms with E-state index in [0.717, 1.165) is 0 Å². The average Bonchev–Trinajstić information content (AvgIpc) is 3.19. The Morgan fingerprint density at radius 3 is 2.71 bits per heavy atom. The first kappa shape index (κ1) is 20.8. The summed E-state index contributed by atoms with van der Waals surface area (Å²) in [5, 5.41) is 6.82. The lowest BCUT2D eigenvalue weighted by Gasteiger charge is -2.38. The lowest BCUT2D eigenvalue weighted by Crippen LogP contribution is -2.50. The minimum Gasteiger partial charge on any atom is -0.497 e. The van der Waals surface area contributed by atoms with Gasteiger partial charge < -0.3 is 19.8 Å². The Balaban J connectivity index is 1.40. The minimum absolute atomic E-state index is 0.252. The van der Waals surface area contributed by atoms with E-state index in [9.17, 15) is 14.0 Å². The Morgan fingerprint density at radius 1 is 1.23 bits per heavy atom. The molecular formula is C23H24FN3O4. The predicted molar refractivity (Wildman–Crippen MR) is 114 cm³/mol. The molecule has 1 N–H and O–H groups in total. The average molecular weight is 425 g/mol. The maximum atomic E-state index is 13.9. The summed E-state index contributed by atoms with van der Waals surface area (Å²) in [7, 11) is 1.57. The number of anilines is 1. The van der Waals surface area contributed by atoms with Gasteiger partial charge in [0.25, 0.3) is 11.8 Å². The molecule has 2 aromatic rings. The molecule has 1 atom stereocenters. The van der Waals surface area contributed by atoms with Crippen LogP contribution < -0.4 is 10.1 Å². The number of hydrogen-bond donors (Lipinski definition) is 1. The van der Waals surface area contributed by atoms with Crippen LogP contribution in [0.2, 0.25) is 0 Å². The van der Waals surface area contributed by atoms with Crippen molar-refractivity contribution in [2.24, 2.45) is 5.16 Å². The number of carbonyl (C=O) groups excluding carboxylic acids is 2. The second kappa shape index (κ2) is 8.37. The molecule has 2 aliphatic heterocycles. The Bertz CT molecular complexity index is 1040. The monoisotopic (exact) mass is 425 g/mol. The first-order valence-corrected chi connectivity index (χ1v) is 10.1. The van der Waals surface area contributed by atoms with E-state index in [0.29, 0.717) is 54.9 Å². The van der Waals surface area contributed by atoms with Crippen LogP contribution in [-0.2, 0) is 9.63 Å². The fraction of sp³-hybridized carbons (Fsp3) is 0.348. The normalized spacial score (nSPS) is 20.2. The highest BCUT2D eigenvalue weighted by atomic mass is 19.1. The molecule has 0 unspecified atom stereocenters. The summed E-state index contributed by atoms with van der Waals surface area (Å²) in [6.45, 7) is 2.50. The number of amides is 2. The van der Waals surface area contributed by atoms with Crippen LogP contribution in [0.1, 0.15) is 35.2 Å². The molecule has 4 rings (SSSR count). The van der Waals surface area contributed by atoms with Gasteiger partial charge in [0.1, 0.15) is 17.3 Å². The largest absolute Gasteiger partial charge is 0.497 e. The number of piperidine rings is 1. The maximum Gasteiger partial charge on any atom is 0.273 e. The van der Waals surface area contributed by atoms with E-state index in [1.807, 2.05) is 0 Å². The highest BCUT2D eigenvalue weighted by Gasteiger charge is 2.45. The number of nitrogens with zero attached hydrogens (tertiary/aromatic N) is 2. The van der Waals surface area contributed by atoms with E-state index < -0.39 is 11.4 Å². The number of aryl methyl sites for hydroxylation is 1. The number of likely N-dealkylation sites (tertiary alicyclic amines) is 1. The summed E-state index contributed by atoms with van der Waals surface area (Å²) in [4.78, 5) is 32.8. The molecular weight excluding hydrogens is 401 g/mol. The highest BCUT2D eigenvalue weighted by Crippen LogP contribution is 2.34. The smallest absolute Gasteiger partial charge is 0.273 e. The van der Waals surface area contributed by atoms with Crippen LogP contribution in [0.3, 0.4) is 0 Å². The van der Waals surface area contributed by atoms with E-state index in [4.69, 9.17) is 9.57 Å². The molecule has 7 nitrogen and oxygen atoms in total. The third kappa shape index (κ3) is 4.38. The number of benzene rings is 2. The van der Waals surface area contributed by atoms with Crippen LogP contribution >= 0.6 is 0 Å². The van der Waals surface area contributed by atoms with Crippen LogP contribution in [0.15, 0.2) is 47.6 Å². The first-order chi connectivity index (χ1) is 14.9.